The minimum Gasteiger partial charge on any atom is -0.370 e. The smallest absolute Gasteiger partial charge is 0.174 e. The highest BCUT2D eigenvalue weighted by Crippen LogP contribution is 2.45. The fourth-order valence-corrected chi connectivity index (χ4v) is 7.28. The van der Waals surface area contributed by atoms with Gasteiger partial charge in [-0.1, -0.05) is 37.6 Å². The van der Waals surface area contributed by atoms with E-state index in [0.29, 0.717) is 16.9 Å². The highest BCUT2D eigenvalue weighted by atomic mass is 35.5. The maximum Gasteiger partial charge on any atom is 0.174 e. The van der Waals surface area contributed by atoms with Crippen LogP contribution in [0.2, 0.25) is 5.02 Å². The normalized spacial score (nSPS) is 23.0. The lowest BCUT2D eigenvalue weighted by Gasteiger charge is -2.37. The van der Waals surface area contributed by atoms with Crippen LogP contribution in [-0.2, 0) is 0 Å². The molecule has 6 nitrogen and oxygen atoms in total. The molecule has 1 N–H and O–H groups in total. The minimum absolute atomic E-state index is 0.122. The Kier molecular flexibility index (Phi) is 7.27. The number of nitrogens with zero attached hydrogens (tertiary/aromatic N) is 5. The van der Waals surface area contributed by atoms with Crippen LogP contribution in [0.4, 0.5) is 11.4 Å². The highest BCUT2D eigenvalue weighted by molar-refractivity contribution is 7.80. The molecule has 1 aromatic carbocycles. The van der Waals surface area contributed by atoms with Crippen molar-refractivity contribution in [2.45, 2.75) is 46.2 Å². The summed E-state index contributed by atoms with van der Waals surface area (Å²) in [6.45, 7) is 11.0. The van der Waals surface area contributed by atoms with Gasteiger partial charge in [0.15, 0.2) is 5.11 Å². The monoisotopic (exact) mass is 570 g/mol. The summed E-state index contributed by atoms with van der Waals surface area (Å²) in [5, 5.41) is 5.00. The molecule has 0 saturated carbocycles. The summed E-state index contributed by atoms with van der Waals surface area (Å²) in [5.74, 6) is 2.19. The molecule has 3 aromatic heterocycles. The third-order valence-corrected chi connectivity index (χ3v) is 8.80. The van der Waals surface area contributed by atoms with E-state index in [0.717, 1.165) is 52.4 Å². The fourth-order valence-electron chi connectivity index (χ4n) is 6.64. The lowest BCUT2D eigenvalue weighted by atomic mass is 9.91. The van der Waals surface area contributed by atoms with E-state index in [4.69, 9.17) is 28.8 Å². The first-order valence-electron chi connectivity index (χ1n) is 14.0. The topological polar surface area (TPSA) is 49.2 Å². The molecule has 2 aliphatic rings. The number of aryl methyl sites for hydroxylation is 1. The maximum absolute atomic E-state index is 7.02. The third kappa shape index (κ3) is 4.86. The Morgan fingerprint density at radius 2 is 1.65 bits per heavy atom. The number of nitrogens with one attached hydrogen (secondary N) is 1. The Morgan fingerprint density at radius 1 is 0.925 bits per heavy atom. The van der Waals surface area contributed by atoms with Gasteiger partial charge in [0.2, 0.25) is 0 Å². The maximum atomic E-state index is 7.02. The van der Waals surface area contributed by atoms with Gasteiger partial charge in [-0.25, -0.2) is 4.98 Å². The highest BCUT2D eigenvalue weighted by Gasteiger charge is 2.42. The molecule has 0 amide bonds. The largest absolute Gasteiger partial charge is 0.370 e. The van der Waals surface area contributed by atoms with E-state index in [9.17, 15) is 0 Å². The van der Waals surface area contributed by atoms with Crippen molar-refractivity contribution in [3.05, 3.63) is 101 Å². The van der Waals surface area contributed by atoms with Crippen molar-refractivity contribution in [2.75, 3.05) is 22.9 Å². The van der Waals surface area contributed by atoms with Crippen molar-refractivity contribution < 1.29 is 0 Å². The van der Waals surface area contributed by atoms with Crippen molar-refractivity contribution in [3.63, 3.8) is 0 Å². The van der Waals surface area contributed by atoms with Crippen molar-refractivity contribution in [3.8, 4) is 5.82 Å². The Balaban J connectivity index is 1.44. The van der Waals surface area contributed by atoms with E-state index in [2.05, 4.69) is 82.7 Å². The molecule has 2 saturated heterocycles. The second-order valence-electron chi connectivity index (χ2n) is 11.3. The molecule has 206 valence electrons. The Morgan fingerprint density at radius 3 is 2.30 bits per heavy atom. The van der Waals surface area contributed by atoms with Crippen LogP contribution in [0.1, 0.15) is 55.0 Å². The first-order chi connectivity index (χ1) is 19.3. The van der Waals surface area contributed by atoms with Crippen LogP contribution in [0, 0.1) is 25.7 Å². The van der Waals surface area contributed by atoms with Crippen molar-refractivity contribution in [2.24, 2.45) is 11.8 Å². The first-order valence-corrected chi connectivity index (χ1v) is 14.8. The lowest BCUT2D eigenvalue weighted by molar-refractivity contribution is 0.357. The molecule has 4 atom stereocenters. The predicted octanol–water partition coefficient (Wildman–Crippen LogP) is 7.20. The summed E-state index contributed by atoms with van der Waals surface area (Å²) in [4.78, 5) is 14.0. The second kappa shape index (κ2) is 10.9. The summed E-state index contributed by atoms with van der Waals surface area (Å²) in [5.41, 5.74) is 6.41. The third-order valence-electron chi connectivity index (χ3n) is 8.18. The zero-order chi connectivity index (χ0) is 28.0. The van der Waals surface area contributed by atoms with Gasteiger partial charge in [0.05, 0.1) is 28.5 Å². The van der Waals surface area contributed by atoms with E-state index in [1.165, 1.54) is 12.0 Å². The number of hydrogen-bond donors (Lipinski definition) is 1. The molecule has 0 bridgehead atoms. The van der Waals surface area contributed by atoms with Gasteiger partial charge in [-0.05, 0) is 98.4 Å². The summed E-state index contributed by atoms with van der Waals surface area (Å²) >= 11 is 13.0. The van der Waals surface area contributed by atoms with E-state index in [1.54, 1.807) is 0 Å². The Labute approximate surface area is 247 Å². The molecular weight excluding hydrogens is 536 g/mol. The summed E-state index contributed by atoms with van der Waals surface area (Å²) in [6, 6.07) is 20.4. The lowest BCUT2D eigenvalue weighted by Crippen LogP contribution is -2.38. The van der Waals surface area contributed by atoms with Crippen LogP contribution in [0.25, 0.3) is 5.82 Å². The van der Waals surface area contributed by atoms with Gasteiger partial charge in [0, 0.05) is 42.6 Å². The quantitative estimate of drug-likeness (QED) is 0.256. The van der Waals surface area contributed by atoms with Gasteiger partial charge in [-0.15, -0.1) is 0 Å². The fraction of sp³-hybridized carbons (Fsp3) is 0.344. The number of anilines is 2. The molecule has 0 spiro atoms. The minimum atomic E-state index is -0.131. The van der Waals surface area contributed by atoms with E-state index >= 15 is 0 Å². The molecule has 0 unspecified atom stereocenters. The number of thiocarbonyl (C=S) groups is 1. The van der Waals surface area contributed by atoms with Crippen LogP contribution < -0.4 is 15.1 Å². The Bertz CT molecular complexity index is 1510. The average Bonchev–Trinajstić information content (AvgIpc) is 3.43. The number of piperidine rings is 1. The SMILES string of the molecule is Cc1cc([C@@H]2[C@@H](c3ccccn3)NC(=S)N2c2ccc(N3C[C@H](C)C[C@H](C)C3)c(Cl)c2)c(C)n1-c1ccccn1. The van der Waals surface area contributed by atoms with Crippen molar-refractivity contribution >= 4 is 40.3 Å². The molecule has 0 aliphatic carbocycles. The molecular formula is C32H35ClN6S. The van der Waals surface area contributed by atoms with Gasteiger partial charge in [0.1, 0.15) is 5.82 Å². The predicted molar refractivity (Wildman–Crippen MR) is 168 cm³/mol. The zero-order valence-electron chi connectivity index (χ0n) is 23.4. The van der Waals surface area contributed by atoms with E-state index in [1.807, 2.05) is 42.7 Å². The Hall–Kier alpha value is -3.42. The number of pyridine rings is 2. The number of halogens is 1. The molecule has 5 heterocycles. The first kappa shape index (κ1) is 26.8. The van der Waals surface area contributed by atoms with Gasteiger partial charge in [-0.3, -0.25) is 4.98 Å². The van der Waals surface area contributed by atoms with Gasteiger partial charge < -0.3 is 19.7 Å². The van der Waals surface area contributed by atoms with Crippen LogP contribution in [0.15, 0.2) is 73.1 Å². The average molecular weight is 571 g/mol. The molecule has 40 heavy (non-hydrogen) atoms. The summed E-state index contributed by atoms with van der Waals surface area (Å²) < 4.78 is 2.21. The summed E-state index contributed by atoms with van der Waals surface area (Å²) in [6.07, 6.45) is 4.92. The van der Waals surface area contributed by atoms with Gasteiger partial charge in [-0.2, -0.15) is 0 Å². The molecule has 0 radical (unpaired) electrons. The molecule has 8 heteroatoms. The zero-order valence-corrected chi connectivity index (χ0v) is 25.0. The number of benzene rings is 1. The van der Waals surface area contributed by atoms with Gasteiger partial charge >= 0.3 is 0 Å². The van der Waals surface area contributed by atoms with Crippen LogP contribution in [0.5, 0.6) is 0 Å². The molecule has 6 rings (SSSR count). The van der Waals surface area contributed by atoms with Gasteiger partial charge in [0.25, 0.3) is 0 Å². The number of aromatic nitrogens is 3. The molecule has 4 aromatic rings. The van der Waals surface area contributed by atoms with E-state index in [-0.39, 0.29) is 12.1 Å². The molecule has 2 fully saturated rings. The molecule has 2 aliphatic heterocycles. The number of rotatable bonds is 5. The number of hydrogen-bond acceptors (Lipinski definition) is 4. The van der Waals surface area contributed by atoms with Crippen LogP contribution in [-0.4, -0.2) is 32.7 Å². The summed E-state index contributed by atoms with van der Waals surface area (Å²) in [7, 11) is 0. The second-order valence-corrected chi connectivity index (χ2v) is 12.1. The van der Waals surface area contributed by atoms with Crippen LogP contribution in [0.3, 0.4) is 0 Å². The van der Waals surface area contributed by atoms with Crippen LogP contribution >= 0.6 is 23.8 Å². The standard InChI is InChI=1S/C32H35ClN6S/c1-20-15-21(2)19-37(18-20)28-12-11-24(17-26(28)33)39-31(30(36-32(39)40)27-9-5-7-13-34-27)25-16-22(3)38(23(25)4)29-10-6-8-14-35-29/h5-14,16-17,20-21,30-31H,15,18-19H2,1-4H3,(H,36,40)/t20-,21+,30-,31-/m1/s1. The van der Waals surface area contributed by atoms with Crippen molar-refractivity contribution in [1.82, 2.24) is 19.9 Å². The van der Waals surface area contributed by atoms with Crippen molar-refractivity contribution in [1.29, 1.82) is 0 Å². The van der Waals surface area contributed by atoms with E-state index < -0.39 is 0 Å².